The Morgan fingerprint density at radius 2 is 2.12 bits per heavy atom. The van der Waals surface area contributed by atoms with E-state index in [9.17, 15) is 5.11 Å². The third-order valence-corrected chi connectivity index (χ3v) is 3.40. The number of hydrogen-bond acceptors (Lipinski definition) is 4. The fraction of sp³-hybridized carbons (Fsp3) is 0.818. The van der Waals surface area contributed by atoms with Gasteiger partial charge in [0.2, 0.25) is 0 Å². The fourth-order valence-corrected chi connectivity index (χ4v) is 2.19. The third kappa shape index (κ3) is 2.41. The number of aliphatic hydroxyl groups is 1. The lowest BCUT2D eigenvalue weighted by molar-refractivity contribution is -0.0172. The second kappa shape index (κ2) is 4.51. The van der Waals surface area contributed by atoms with Crippen molar-refractivity contribution in [3.8, 4) is 0 Å². The summed E-state index contributed by atoms with van der Waals surface area (Å²) in [6.07, 6.45) is 3.83. The van der Waals surface area contributed by atoms with Gasteiger partial charge in [0, 0.05) is 26.1 Å². The number of aromatic nitrogens is 3. The van der Waals surface area contributed by atoms with E-state index < -0.39 is 5.60 Å². The van der Waals surface area contributed by atoms with Crippen molar-refractivity contribution in [3.63, 3.8) is 0 Å². The largest absolute Gasteiger partial charge is 0.389 e. The van der Waals surface area contributed by atoms with Crippen LogP contribution in [0.15, 0.2) is 6.33 Å². The van der Waals surface area contributed by atoms with Crippen LogP contribution in [0.1, 0.15) is 25.6 Å². The zero-order chi connectivity index (χ0) is 11.6. The molecule has 2 rings (SSSR count). The van der Waals surface area contributed by atoms with Gasteiger partial charge < -0.3 is 10.0 Å². The summed E-state index contributed by atoms with van der Waals surface area (Å²) in [7, 11) is 2.09. The summed E-state index contributed by atoms with van der Waals surface area (Å²) < 4.78 is 1.86. The molecule has 0 aromatic carbocycles. The molecule has 0 atom stereocenters. The number of nitrogens with zero attached hydrogens (tertiary/aromatic N) is 4. The Morgan fingerprint density at radius 3 is 2.75 bits per heavy atom. The summed E-state index contributed by atoms with van der Waals surface area (Å²) in [5.41, 5.74) is -0.591. The molecule has 90 valence electrons. The SMILES string of the molecule is CCn1ncnc1CC1(O)CCN(C)CC1. The highest BCUT2D eigenvalue weighted by Crippen LogP contribution is 2.24. The minimum atomic E-state index is -0.591. The van der Waals surface area contributed by atoms with Crippen LogP contribution in [0.5, 0.6) is 0 Å². The maximum atomic E-state index is 10.5. The predicted octanol–water partition coefficient (Wildman–Crippen LogP) is 0.297. The summed E-state index contributed by atoms with van der Waals surface area (Å²) >= 11 is 0. The number of piperidine rings is 1. The molecular weight excluding hydrogens is 204 g/mol. The molecule has 1 aliphatic rings. The molecule has 5 nitrogen and oxygen atoms in total. The Morgan fingerprint density at radius 1 is 1.44 bits per heavy atom. The van der Waals surface area contributed by atoms with Crippen molar-refractivity contribution in [1.29, 1.82) is 0 Å². The summed E-state index contributed by atoms with van der Waals surface area (Å²) in [5, 5.41) is 14.6. The smallest absolute Gasteiger partial charge is 0.138 e. The Labute approximate surface area is 96.1 Å². The zero-order valence-corrected chi connectivity index (χ0v) is 10.1. The third-order valence-electron chi connectivity index (χ3n) is 3.40. The first-order valence-electron chi connectivity index (χ1n) is 5.90. The molecule has 1 aromatic heterocycles. The molecule has 1 aliphatic heterocycles. The highest BCUT2D eigenvalue weighted by atomic mass is 16.3. The molecule has 2 heterocycles. The van der Waals surface area contributed by atoms with Crippen molar-refractivity contribution in [2.45, 2.75) is 38.3 Å². The standard InChI is InChI=1S/C11H20N4O/c1-3-15-10(12-9-13-15)8-11(16)4-6-14(2)7-5-11/h9,16H,3-8H2,1-2H3. The molecule has 0 bridgehead atoms. The highest BCUT2D eigenvalue weighted by Gasteiger charge is 2.32. The number of rotatable bonds is 3. The molecule has 0 saturated carbocycles. The van der Waals surface area contributed by atoms with Crippen molar-refractivity contribution < 1.29 is 5.11 Å². The minimum absolute atomic E-state index is 0.591. The second-order valence-corrected chi connectivity index (χ2v) is 4.70. The average Bonchev–Trinajstić information content (AvgIpc) is 2.70. The van der Waals surface area contributed by atoms with Crippen molar-refractivity contribution in [2.75, 3.05) is 20.1 Å². The molecular formula is C11H20N4O. The minimum Gasteiger partial charge on any atom is -0.389 e. The quantitative estimate of drug-likeness (QED) is 0.802. The van der Waals surface area contributed by atoms with E-state index in [0.717, 1.165) is 38.3 Å². The molecule has 1 saturated heterocycles. The molecule has 0 amide bonds. The van der Waals surface area contributed by atoms with Gasteiger partial charge in [0.1, 0.15) is 12.2 Å². The first-order chi connectivity index (χ1) is 7.63. The normalized spacial score (nSPS) is 21.2. The van der Waals surface area contributed by atoms with E-state index in [-0.39, 0.29) is 0 Å². The molecule has 1 N–H and O–H groups in total. The number of likely N-dealkylation sites (tertiary alicyclic amines) is 1. The first kappa shape index (κ1) is 11.5. The zero-order valence-electron chi connectivity index (χ0n) is 10.1. The van der Waals surface area contributed by atoms with E-state index in [4.69, 9.17) is 0 Å². The van der Waals surface area contributed by atoms with E-state index >= 15 is 0 Å². The summed E-state index contributed by atoms with van der Waals surface area (Å²) in [4.78, 5) is 6.47. The number of hydrogen-bond donors (Lipinski definition) is 1. The van der Waals surface area contributed by atoms with E-state index in [0.29, 0.717) is 6.42 Å². The van der Waals surface area contributed by atoms with Gasteiger partial charge in [0.25, 0.3) is 0 Å². The maximum Gasteiger partial charge on any atom is 0.138 e. The molecule has 16 heavy (non-hydrogen) atoms. The van der Waals surface area contributed by atoms with E-state index in [1.165, 1.54) is 0 Å². The molecule has 1 aromatic rings. The topological polar surface area (TPSA) is 54.2 Å². The second-order valence-electron chi connectivity index (χ2n) is 4.70. The van der Waals surface area contributed by atoms with Crippen LogP contribution in [0.3, 0.4) is 0 Å². The molecule has 0 aliphatic carbocycles. The van der Waals surface area contributed by atoms with Crippen LogP contribution in [0.4, 0.5) is 0 Å². The molecule has 0 spiro atoms. The van der Waals surface area contributed by atoms with Crippen LogP contribution in [-0.4, -0.2) is 50.5 Å². The van der Waals surface area contributed by atoms with Crippen LogP contribution in [-0.2, 0) is 13.0 Å². The van der Waals surface area contributed by atoms with Gasteiger partial charge in [-0.2, -0.15) is 5.10 Å². The summed E-state index contributed by atoms with van der Waals surface area (Å²) in [6.45, 7) is 4.76. The predicted molar refractivity (Wildman–Crippen MR) is 61.1 cm³/mol. The molecule has 0 radical (unpaired) electrons. The Bertz CT molecular complexity index is 342. The molecule has 0 unspecified atom stereocenters. The van der Waals surface area contributed by atoms with Gasteiger partial charge in [0.15, 0.2) is 0 Å². The van der Waals surface area contributed by atoms with Crippen LogP contribution in [0, 0.1) is 0 Å². The maximum absolute atomic E-state index is 10.5. The van der Waals surface area contributed by atoms with Gasteiger partial charge in [-0.1, -0.05) is 0 Å². The van der Waals surface area contributed by atoms with Gasteiger partial charge in [0.05, 0.1) is 5.60 Å². The Kier molecular flexibility index (Phi) is 3.25. The average molecular weight is 224 g/mol. The molecule has 5 heteroatoms. The monoisotopic (exact) mass is 224 g/mol. The first-order valence-corrected chi connectivity index (χ1v) is 5.90. The van der Waals surface area contributed by atoms with E-state index in [2.05, 4.69) is 22.0 Å². The van der Waals surface area contributed by atoms with Crippen molar-refractivity contribution in [2.24, 2.45) is 0 Å². The van der Waals surface area contributed by atoms with E-state index in [1.54, 1.807) is 6.33 Å². The Hall–Kier alpha value is -0.940. The van der Waals surface area contributed by atoms with Gasteiger partial charge in [-0.25, -0.2) is 4.98 Å². The highest BCUT2D eigenvalue weighted by molar-refractivity contribution is 4.97. The van der Waals surface area contributed by atoms with Crippen molar-refractivity contribution in [3.05, 3.63) is 12.2 Å². The fourth-order valence-electron chi connectivity index (χ4n) is 2.19. The summed E-state index contributed by atoms with van der Waals surface area (Å²) in [6, 6.07) is 0. The van der Waals surface area contributed by atoms with Crippen LogP contribution in [0.2, 0.25) is 0 Å². The van der Waals surface area contributed by atoms with Gasteiger partial charge in [-0.15, -0.1) is 0 Å². The Balaban J connectivity index is 2.03. The van der Waals surface area contributed by atoms with Gasteiger partial charge >= 0.3 is 0 Å². The lowest BCUT2D eigenvalue weighted by Crippen LogP contribution is -2.44. The number of aryl methyl sites for hydroxylation is 1. The van der Waals surface area contributed by atoms with Crippen molar-refractivity contribution >= 4 is 0 Å². The van der Waals surface area contributed by atoms with Gasteiger partial charge in [-0.3, -0.25) is 4.68 Å². The van der Waals surface area contributed by atoms with Crippen LogP contribution in [0.25, 0.3) is 0 Å². The van der Waals surface area contributed by atoms with Crippen LogP contribution >= 0.6 is 0 Å². The molecule has 1 fully saturated rings. The summed E-state index contributed by atoms with van der Waals surface area (Å²) in [5.74, 6) is 0.898. The van der Waals surface area contributed by atoms with Crippen molar-refractivity contribution in [1.82, 2.24) is 19.7 Å². The lowest BCUT2D eigenvalue weighted by Gasteiger charge is -2.36. The van der Waals surface area contributed by atoms with E-state index in [1.807, 2.05) is 11.6 Å². The van der Waals surface area contributed by atoms with Crippen LogP contribution < -0.4 is 0 Å². The lowest BCUT2D eigenvalue weighted by atomic mass is 9.88. The van der Waals surface area contributed by atoms with Gasteiger partial charge in [-0.05, 0) is 26.8 Å².